The summed E-state index contributed by atoms with van der Waals surface area (Å²) in [7, 11) is 1.39. The first-order valence-electron chi connectivity index (χ1n) is 6.73. The van der Waals surface area contributed by atoms with E-state index in [-0.39, 0.29) is 12.0 Å². The van der Waals surface area contributed by atoms with Crippen molar-refractivity contribution in [3.8, 4) is 0 Å². The lowest BCUT2D eigenvalue weighted by Gasteiger charge is -2.19. The number of methoxy groups -OCH3 is 1. The highest BCUT2D eigenvalue weighted by molar-refractivity contribution is 7.98. The van der Waals surface area contributed by atoms with Gasteiger partial charge in [0.2, 0.25) is 0 Å². The van der Waals surface area contributed by atoms with Gasteiger partial charge in [0, 0.05) is 17.5 Å². The third-order valence-corrected chi connectivity index (χ3v) is 4.35. The van der Waals surface area contributed by atoms with Gasteiger partial charge in [-0.15, -0.1) is 0 Å². The van der Waals surface area contributed by atoms with E-state index in [1.54, 1.807) is 12.3 Å². The highest BCUT2D eigenvalue weighted by Gasteiger charge is 2.31. The summed E-state index contributed by atoms with van der Waals surface area (Å²) in [6.45, 7) is 3.38. The maximum absolute atomic E-state index is 12.1. The largest absolute Gasteiger partial charge is 0.464 e. The second kappa shape index (κ2) is 5.65. The predicted octanol–water partition coefficient (Wildman–Crippen LogP) is 2.15. The molecule has 0 amide bonds. The minimum Gasteiger partial charge on any atom is -0.464 e. The Morgan fingerprint density at radius 2 is 2.33 bits per heavy atom. The fourth-order valence-corrected chi connectivity index (χ4v) is 3.00. The molecule has 0 N–H and O–H groups in total. The van der Waals surface area contributed by atoms with Gasteiger partial charge in [-0.3, -0.25) is 0 Å². The lowest BCUT2D eigenvalue weighted by atomic mass is 10.1. The number of ether oxygens (including phenoxy) is 2. The van der Waals surface area contributed by atoms with E-state index in [0.29, 0.717) is 30.0 Å². The van der Waals surface area contributed by atoms with Crippen LogP contribution in [-0.4, -0.2) is 47.1 Å². The van der Waals surface area contributed by atoms with Crippen LogP contribution in [0.5, 0.6) is 0 Å². The van der Waals surface area contributed by atoms with E-state index >= 15 is 0 Å². The van der Waals surface area contributed by atoms with Gasteiger partial charge in [-0.1, -0.05) is 18.7 Å². The van der Waals surface area contributed by atoms with Crippen LogP contribution in [-0.2, 0) is 9.47 Å². The number of esters is 1. The summed E-state index contributed by atoms with van der Waals surface area (Å²) in [6.07, 6.45) is 3.68. The average Bonchev–Trinajstić information content (AvgIpc) is 3.08. The normalized spacial score (nSPS) is 21.9. The van der Waals surface area contributed by atoms with Gasteiger partial charge in [0.1, 0.15) is 11.3 Å². The van der Waals surface area contributed by atoms with E-state index < -0.39 is 0 Å². The second-order valence-corrected chi connectivity index (χ2v) is 5.88. The zero-order valence-electron chi connectivity index (χ0n) is 12.2. The molecule has 1 aliphatic heterocycles. The molecule has 0 aliphatic carbocycles. The Balaban J connectivity index is 2.22. The number of rotatable bonds is 3. The molecule has 1 aliphatic rings. The van der Waals surface area contributed by atoms with Gasteiger partial charge in [0.25, 0.3) is 0 Å². The Morgan fingerprint density at radius 1 is 1.52 bits per heavy atom. The summed E-state index contributed by atoms with van der Waals surface area (Å²) in [5.74, 6) is -0.0468. The van der Waals surface area contributed by atoms with Crippen LogP contribution < -0.4 is 0 Å². The predicted molar refractivity (Wildman–Crippen MR) is 79.7 cm³/mol. The number of carbonyl (C=O) groups excluding carboxylic acids is 1. The van der Waals surface area contributed by atoms with Crippen molar-refractivity contribution in [1.82, 2.24) is 14.5 Å². The summed E-state index contributed by atoms with van der Waals surface area (Å²) in [4.78, 5) is 20.9. The Hall–Kier alpha value is -1.60. The molecule has 2 aromatic rings. The SMILES string of the molecule is COC(=O)c1cc2cnc(SC)nc2n1[C@@H]1COC[C@@H]1C. The molecule has 3 rings (SSSR count). The summed E-state index contributed by atoms with van der Waals surface area (Å²) in [5.41, 5.74) is 1.26. The molecular formula is C14H17N3O3S. The van der Waals surface area contributed by atoms with Crippen molar-refractivity contribution >= 4 is 28.8 Å². The van der Waals surface area contributed by atoms with E-state index in [4.69, 9.17) is 9.47 Å². The number of thioether (sulfide) groups is 1. The molecule has 21 heavy (non-hydrogen) atoms. The molecule has 3 heterocycles. The van der Waals surface area contributed by atoms with Gasteiger partial charge in [0.15, 0.2) is 5.16 Å². The standard InChI is InChI=1S/C14H17N3O3S/c1-8-6-20-7-11(8)17-10(13(18)19-2)4-9-5-15-14(21-3)16-12(9)17/h4-5,8,11H,6-7H2,1-3H3/t8-,11+/m0/s1. The number of fused-ring (bicyclic) bond motifs is 1. The minimum absolute atomic E-state index is 0.0845. The Kier molecular flexibility index (Phi) is 3.86. The van der Waals surface area contributed by atoms with Gasteiger partial charge in [-0.25, -0.2) is 14.8 Å². The van der Waals surface area contributed by atoms with E-state index in [0.717, 1.165) is 11.0 Å². The average molecular weight is 307 g/mol. The summed E-state index contributed by atoms with van der Waals surface area (Å²) < 4.78 is 12.4. The van der Waals surface area contributed by atoms with Crippen molar-refractivity contribution in [2.75, 3.05) is 26.6 Å². The molecule has 1 fully saturated rings. The van der Waals surface area contributed by atoms with Crippen LogP contribution in [0.3, 0.4) is 0 Å². The molecule has 0 aromatic carbocycles. The zero-order chi connectivity index (χ0) is 15.0. The zero-order valence-corrected chi connectivity index (χ0v) is 13.0. The lowest BCUT2D eigenvalue weighted by molar-refractivity contribution is 0.0585. The van der Waals surface area contributed by atoms with E-state index in [1.165, 1.54) is 18.9 Å². The van der Waals surface area contributed by atoms with Gasteiger partial charge in [0.05, 0.1) is 26.4 Å². The highest BCUT2D eigenvalue weighted by atomic mass is 32.2. The topological polar surface area (TPSA) is 66.2 Å². The van der Waals surface area contributed by atoms with Gasteiger partial charge < -0.3 is 14.0 Å². The van der Waals surface area contributed by atoms with Crippen LogP contribution in [0.1, 0.15) is 23.5 Å². The quantitative estimate of drug-likeness (QED) is 0.492. The van der Waals surface area contributed by atoms with Crippen LogP contribution in [0.25, 0.3) is 11.0 Å². The second-order valence-electron chi connectivity index (χ2n) is 5.11. The molecule has 0 unspecified atom stereocenters. The molecular weight excluding hydrogens is 290 g/mol. The van der Waals surface area contributed by atoms with Crippen molar-refractivity contribution in [3.63, 3.8) is 0 Å². The van der Waals surface area contributed by atoms with Crippen molar-refractivity contribution < 1.29 is 14.3 Å². The fraction of sp³-hybridized carbons (Fsp3) is 0.500. The first-order chi connectivity index (χ1) is 10.2. The van der Waals surface area contributed by atoms with Crippen molar-refractivity contribution in [2.45, 2.75) is 18.1 Å². The smallest absolute Gasteiger partial charge is 0.354 e. The Bertz CT molecular complexity index is 685. The maximum Gasteiger partial charge on any atom is 0.354 e. The summed E-state index contributed by atoms with van der Waals surface area (Å²) >= 11 is 1.48. The third-order valence-electron chi connectivity index (χ3n) is 3.79. The number of hydrogen-bond acceptors (Lipinski definition) is 6. The number of nitrogens with zero attached hydrogens (tertiary/aromatic N) is 3. The van der Waals surface area contributed by atoms with Crippen LogP contribution in [0.15, 0.2) is 17.4 Å². The molecule has 1 saturated heterocycles. The van der Waals surface area contributed by atoms with Crippen LogP contribution >= 0.6 is 11.8 Å². The first-order valence-corrected chi connectivity index (χ1v) is 7.96. The van der Waals surface area contributed by atoms with Gasteiger partial charge >= 0.3 is 5.97 Å². The molecule has 0 spiro atoms. The minimum atomic E-state index is -0.363. The van der Waals surface area contributed by atoms with Crippen molar-refractivity contribution in [1.29, 1.82) is 0 Å². The molecule has 7 heteroatoms. The molecule has 2 atom stereocenters. The summed E-state index contributed by atoms with van der Waals surface area (Å²) in [5, 5.41) is 1.53. The molecule has 6 nitrogen and oxygen atoms in total. The number of aromatic nitrogens is 3. The molecule has 112 valence electrons. The van der Waals surface area contributed by atoms with E-state index in [2.05, 4.69) is 16.9 Å². The molecule has 0 saturated carbocycles. The summed E-state index contributed by atoms with van der Waals surface area (Å²) in [6, 6.07) is 1.87. The third kappa shape index (κ3) is 2.40. The lowest BCUT2D eigenvalue weighted by Crippen LogP contribution is -2.21. The van der Waals surface area contributed by atoms with E-state index in [1.807, 2.05) is 10.8 Å². The van der Waals surface area contributed by atoms with Crippen molar-refractivity contribution in [2.24, 2.45) is 5.92 Å². The maximum atomic E-state index is 12.1. The number of hydrogen-bond donors (Lipinski definition) is 0. The van der Waals surface area contributed by atoms with Crippen LogP contribution in [0.4, 0.5) is 0 Å². The Labute approximate surface area is 126 Å². The van der Waals surface area contributed by atoms with Crippen LogP contribution in [0, 0.1) is 5.92 Å². The Morgan fingerprint density at radius 3 is 2.95 bits per heavy atom. The fourth-order valence-electron chi connectivity index (χ4n) is 2.67. The highest BCUT2D eigenvalue weighted by Crippen LogP contribution is 2.32. The number of carbonyl (C=O) groups is 1. The molecule has 2 aromatic heterocycles. The monoisotopic (exact) mass is 307 g/mol. The van der Waals surface area contributed by atoms with Gasteiger partial charge in [-0.05, 0) is 12.3 Å². The first kappa shape index (κ1) is 14.3. The van der Waals surface area contributed by atoms with Gasteiger partial charge in [-0.2, -0.15) is 0 Å². The van der Waals surface area contributed by atoms with E-state index in [9.17, 15) is 4.79 Å². The van der Waals surface area contributed by atoms with Crippen LogP contribution in [0.2, 0.25) is 0 Å². The molecule has 0 radical (unpaired) electrons. The molecule has 0 bridgehead atoms. The van der Waals surface area contributed by atoms with Crippen molar-refractivity contribution in [3.05, 3.63) is 18.0 Å².